The van der Waals surface area contributed by atoms with Crippen molar-refractivity contribution in [2.45, 2.75) is 39.5 Å². The Labute approximate surface area is 163 Å². The summed E-state index contributed by atoms with van der Waals surface area (Å²) in [5, 5.41) is 10.2. The van der Waals surface area contributed by atoms with E-state index in [-0.39, 0.29) is 29.1 Å². The summed E-state index contributed by atoms with van der Waals surface area (Å²) < 4.78 is 19.1. The fourth-order valence-corrected chi connectivity index (χ4v) is 3.13. The van der Waals surface area contributed by atoms with Crippen LogP contribution in [0.15, 0.2) is 46.1 Å². The van der Waals surface area contributed by atoms with Gasteiger partial charge in [0.1, 0.15) is 11.6 Å². The minimum atomic E-state index is -0.548. The molecular formula is C22H24FNO4. The van der Waals surface area contributed by atoms with Crippen molar-refractivity contribution in [3.05, 3.63) is 70.1 Å². The highest BCUT2D eigenvalue weighted by Gasteiger charge is 2.36. The average molecular weight is 385 g/mol. The number of ketones is 1. The molecule has 1 aliphatic heterocycles. The maximum absolute atomic E-state index is 13.2. The number of hydrogen-bond acceptors (Lipinski definition) is 4. The van der Waals surface area contributed by atoms with Crippen LogP contribution in [-0.2, 0) is 16.6 Å². The van der Waals surface area contributed by atoms with Gasteiger partial charge >= 0.3 is 0 Å². The van der Waals surface area contributed by atoms with Gasteiger partial charge in [0.25, 0.3) is 5.91 Å². The van der Waals surface area contributed by atoms with Crippen LogP contribution < -0.4 is 0 Å². The second kappa shape index (κ2) is 7.26. The van der Waals surface area contributed by atoms with Gasteiger partial charge in [-0.15, -0.1) is 0 Å². The zero-order valence-corrected chi connectivity index (χ0v) is 16.5. The molecule has 2 heterocycles. The summed E-state index contributed by atoms with van der Waals surface area (Å²) in [5.41, 5.74) is 1.19. The highest BCUT2D eigenvalue weighted by molar-refractivity contribution is 6.14. The molecule has 1 amide bonds. The zero-order chi connectivity index (χ0) is 20.6. The van der Waals surface area contributed by atoms with Crippen LogP contribution in [0.1, 0.15) is 55.1 Å². The third-order valence-corrected chi connectivity index (χ3v) is 4.84. The molecule has 1 aromatic carbocycles. The first-order valence-electron chi connectivity index (χ1n) is 9.25. The molecule has 0 radical (unpaired) electrons. The number of furan rings is 1. The number of aliphatic hydroxyl groups is 1. The topological polar surface area (TPSA) is 70.8 Å². The van der Waals surface area contributed by atoms with Crippen molar-refractivity contribution >= 4 is 11.7 Å². The van der Waals surface area contributed by atoms with Crippen LogP contribution in [0.4, 0.5) is 4.39 Å². The summed E-state index contributed by atoms with van der Waals surface area (Å²) in [4.78, 5) is 26.6. The summed E-state index contributed by atoms with van der Waals surface area (Å²) in [6.07, 6.45) is 0.375. The van der Waals surface area contributed by atoms with E-state index in [1.807, 2.05) is 26.8 Å². The van der Waals surface area contributed by atoms with Gasteiger partial charge in [-0.2, -0.15) is 0 Å². The van der Waals surface area contributed by atoms with E-state index in [2.05, 4.69) is 0 Å². The van der Waals surface area contributed by atoms with Gasteiger partial charge in [0.2, 0.25) is 5.78 Å². The number of halogens is 1. The minimum absolute atomic E-state index is 0.0435. The second-order valence-corrected chi connectivity index (χ2v) is 7.99. The molecule has 0 spiro atoms. The first-order chi connectivity index (χ1) is 13.1. The van der Waals surface area contributed by atoms with Gasteiger partial charge in [0.15, 0.2) is 11.5 Å². The lowest BCUT2D eigenvalue weighted by atomic mass is 9.92. The highest BCUT2D eigenvalue weighted by Crippen LogP contribution is 2.31. The molecule has 1 aliphatic rings. The van der Waals surface area contributed by atoms with Gasteiger partial charge in [-0.05, 0) is 30.7 Å². The van der Waals surface area contributed by atoms with Crippen LogP contribution in [0, 0.1) is 5.82 Å². The predicted octanol–water partition coefficient (Wildman–Crippen LogP) is 4.16. The number of carbonyl (C=O) groups is 2. The lowest BCUT2D eigenvalue weighted by Crippen LogP contribution is -2.27. The summed E-state index contributed by atoms with van der Waals surface area (Å²) in [7, 11) is 0. The van der Waals surface area contributed by atoms with Crippen molar-refractivity contribution in [3.63, 3.8) is 0 Å². The quantitative estimate of drug-likeness (QED) is 0.785. The number of rotatable bonds is 5. The van der Waals surface area contributed by atoms with E-state index in [0.29, 0.717) is 24.3 Å². The molecule has 6 heteroatoms. The first-order valence-corrected chi connectivity index (χ1v) is 9.25. The van der Waals surface area contributed by atoms with E-state index in [4.69, 9.17) is 4.42 Å². The molecule has 0 aliphatic carbocycles. The largest absolute Gasteiger partial charge is 0.503 e. The predicted molar refractivity (Wildman–Crippen MR) is 103 cm³/mol. The number of hydrogen-bond donors (Lipinski definition) is 1. The maximum Gasteiger partial charge on any atom is 0.289 e. The van der Waals surface area contributed by atoms with Crippen molar-refractivity contribution in [1.82, 2.24) is 4.90 Å². The van der Waals surface area contributed by atoms with Crippen LogP contribution >= 0.6 is 0 Å². The molecule has 0 saturated heterocycles. The molecule has 1 aromatic heterocycles. The van der Waals surface area contributed by atoms with Gasteiger partial charge in [0.05, 0.1) is 12.1 Å². The van der Waals surface area contributed by atoms with E-state index in [9.17, 15) is 19.1 Å². The molecule has 0 unspecified atom stereocenters. The Morgan fingerprint density at radius 1 is 1.25 bits per heavy atom. The molecule has 0 bridgehead atoms. The molecule has 0 atom stereocenters. The van der Waals surface area contributed by atoms with E-state index >= 15 is 0 Å². The van der Waals surface area contributed by atoms with Crippen molar-refractivity contribution in [3.8, 4) is 0 Å². The Morgan fingerprint density at radius 3 is 2.43 bits per heavy atom. The average Bonchev–Trinajstić information content (AvgIpc) is 3.19. The molecule has 3 rings (SSSR count). The number of likely N-dealkylation sites (N-methyl/N-ethyl adjacent to an activating group) is 1. The van der Waals surface area contributed by atoms with E-state index in [0.717, 1.165) is 5.56 Å². The molecule has 148 valence electrons. The van der Waals surface area contributed by atoms with Crippen LogP contribution in [0.2, 0.25) is 0 Å². The van der Waals surface area contributed by atoms with Crippen LogP contribution in [0.25, 0.3) is 0 Å². The van der Waals surface area contributed by atoms with Gasteiger partial charge in [-0.3, -0.25) is 9.59 Å². The Balaban J connectivity index is 2.01. The third-order valence-electron chi connectivity index (χ3n) is 4.84. The van der Waals surface area contributed by atoms with E-state index in [1.54, 1.807) is 19.1 Å². The third kappa shape index (κ3) is 3.72. The SMILES string of the molecule is CCN1CC(C(=O)c2oc(C(C)(C)C)cc2Cc2ccc(F)cc2)=C(O)C1=O. The first kappa shape index (κ1) is 19.9. The Hall–Kier alpha value is -2.89. The number of nitrogens with zero attached hydrogens (tertiary/aromatic N) is 1. The smallest absolute Gasteiger partial charge is 0.289 e. The number of carbonyl (C=O) groups excluding carboxylic acids is 2. The minimum Gasteiger partial charge on any atom is -0.503 e. The van der Waals surface area contributed by atoms with Crippen molar-refractivity contribution in [2.24, 2.45) is 0 Å². The number of Topliss-reactive ketones (excluding diaryl/α,β-unsaturated/α-hetero) is 1. The van der Waals surface area contributed by atoms with Gasteiger partial charge in [0, 0.05) is 23.9 Å². The molecule has 28 heavy (non-hydrogen) atoms. The normalized spacial score (nSPS) is 14.9. The van der Waals surface area contributed by atoms with Crippen LogP contribution in [0.5, 0.6) is 0 Å². The summed E-state index contributed by atoms with van der Waals surface area (Å²) in [5.74, 6) is -1.15. The lowest BCUT2D eigenvalue weighted by Gasteiger charge is -2.14. The molecule has 0 fully saturated rings. The molecule has 0 saturated carbocycles. The fourth-order valence-electron chi connectivity index (χ4n) is 3.13. The van der Waals surface area contributed by atoms with Crippen LogP contribution in [0.3, 0.4) is 0 Å². The molecule has 5 nitrogen and oxygen atoms in total. The van der Waals surface area contributed by atoms with Crippen molar-refractivity contribution in [2.75, 3.05) is 13.1 Å². The van der Waals surface area contributed by atoms with E-state index < -0.39 is 17.4 Å². The zero-order valence-electron chi connectivity index (χ0n) is 16.5. The van der Waals surface area contributed by atoms with Gasteiger partial charge in [-0.25, -0.2) is 4.39 Å². The second-order valence-electron chi connectivity index (χ2n) is 7.99. The maximum atomic E-state index is 13.2. The van der Waals surface area contributed by atoms with Crippen molar-refractivity contribution < 1.29 is 23.5 Å². The van der Waals surface area contributed by atoms with Gasteiger partial charge < -0.3 is 14.4 Å². The number of aliphatic hydroxyl groups excluding tert-OH is 1. The van der Waals surface area contributed by atoms with Gasteiger partial charge in [-0.1, -0.05) is 32.9 Å². The van der Waals surface area contributed by atoms with E-state index in [1.165, 1.54) is 17.0 Å². The Bertz CT molecular complexity index is 948. The number of benzene rings is 1. The monoisotopic (exact) mass is 385 g/mol. The lowest BCUT2D eigenvalue weighted by molar-refractivity contribution is -0.127. The number of amides is 1. The highest BCUT2D eigenvalue weighted by atomic mass is 19.1. The van der Waals surface area contributed by atoms with Crippen LogP contribution in [-0.4, -0.2) is 34.8 Å². The molecular weight excluding hydrogens is 361 g/mol. The molecule has 1 N–H and O–H groups in total. The summed E-state index contributed by atoms with van der Waals surface area (Å²) >= 11 is 0. The van der Waals surface area contributed by atoms with Crippen molar-refractivity contribution in [1.29, 1.82) is 0 Å². The fraction of sp³-hybridized carbons (Fsp3) is 0.364. The Kier molecular flexibility index (Phi) is 5.15. The summed E-state index contributed by atoms with van der Waals surface area (Å²) in [6, 6.07) is 7.86. The summed E-state index contributed by atoms with van der Waals surface area (Å²) in [6.45, 7) is 8.14. The standard InChI is InChI=1S/C22H24FNO4/c1-5-24-12-16(19(26)21(24)27)18(25)20-14(11-17(28-20)22(2,3)4)10-13-6-8-15(23)9-7-13/h6-9,11,26H,5,10,12H2,1-4H3. The Morgan fingerprint density at radius 2 is 1.89 bits per heavy atom. The molecule has 2 aromatic rings.